The van der Waals surface area contributed by atoms with E-state index in [9.17, 15) is 4.79 Å². The first-order valence-corrected chi connectivity index (χ1v) is 12.6. The Morgan fingerprint density at radius 1 is 1.12 bits per heavy atom. The first-order chi connectivity index (χ1) is 16.1. The van der Waals surface area contributed by atoms with Gasteiger partial charge in [0.2, 0.25) is 5.91 Å². The van der Waals surface area contributed by atoms with Crippen LogP contribution in [0.3, 0.4) is 0 Å². The van der Waals surface area contributed by atoms with Crippen LogP contribution in [0.5, 0.6) is 5.75 Å². The highest BCUT2D eigenvalue weighted by Crippen LogP contribution is 2.61. The Kier molecular flexibility index (Phi) is 5.36. The number of para-hydroxylation sites is 1. The van der Waals surface area contributed by atoms with Crippen molar-refractivity contribution in [1.29, 1.82) is 0 Å². The number of aromatic nitrogens is 2. The summed E-state index contributed by atoms with van der Waals surface area (Å²) >= 11 is 0. The highest BCUT2D eigenvalue weighted by atomic mass is 16.5. The summed E-state index contributed by atoms with van der Waals surface area (Å²) < 4.78 is 5.52. The molecule has 33 heavy (non-hydrogen) atoms. The molecule has 0 saturated heterocycles. The van der Waals surface area contributed by atoms with Crippen molar-refractivity contribution >= 4 is 11.7 Å². The van der Waals surface area contributed by atoms with Crippen molar-refractivity contribution in [3.05, 3.63) is 47.4 Å². The predicted molar refractivity (Wildman–Crippen MR) is 127 cm³/mol. The van der Waals surface area contributed by atoms with Crippen molar-refractivity contribution in [2.45, 2.75) is 64.5 Å². The van der Waals surface area contributed by atoms with Crippen molar-refractivity contribution in [2.75, 3.05) is 19.0 Å². The molecule has 1 aromatic heterocycles. The second-order valence-electron chi connectivity index (χ2n) is 11.1. The summed E-state index contributed by atoms with van der Waals surface area (Å²) in [6.07, 6.45) is 11.1. The zero-order valence-corrected chi connectivity index (χ0v) is 19.6. The maximum atomic E-state index is 13.2. The number of ether oxygens (including phenoxy) is 1. The summed E-state index contributed by atoms with van der Waals surface area (Å²) in [6.45, 7) is 2.49. The van der Waals surface area contributed by atoms with Crippen LogP contribution in [0.4, 0.5) is 5.82 Å². The van der Waals surface area contributed by atoms with E-state index in [2.05, 4.69) is 32.3 Å². The molecule has 0 radical (unpaired) electrons. The van der Waals surface area contributed by atoms with Crippen molar-refractivity contribution < 1.29 is 9.53 Å². The first kappa shape index (κ1) is 21.1. The molecule has 2 aromatic rings. The molecular formula is C27H34N4O2. The average Bonchev–Trinajstić information content (AvgIpc) is 2.78. The predicted octanol–water partition coefficient (Wildman–Crippen LogP) is 4.59. The van der Waals surface area contributed by atoms with Crippen LogP contribution in [0.15, 0.2) is 30.6 Å². The normalized spacial score (nSPS) is 30.2. The third-order valence-electron chi connectivity index (χ3n) is 8.63. The quantitative estimate of drug-likeness (QED) is 0.703. The molecule has 4 fully saturated rings. The van der Waals surface area contributed by atoms with Gasteiger partial charge in [-0.25, -0.2) is 9.97 Å². The van der Waals surface area contributed by atoms with Gasteiger partial charge in [0.1, 0.15) is 17.9 Å². The van der Waals surface area contributed by atoms with E-state index in [1.54, 1.807) is 13.4 Å². The maximum Gasteiger partial charge on any atom is 0.226 e. The summed E-state index contributed by atoms with van der Waals surface area (Å²) in [4.78, 5) is 24.6. The fourth-order valence-electron chi connectivity index (χ4n) is 7.75. The Balaban J connectivity index is 1.13. The Labute approximate surface area is 196 Å². The SMILES string of the molecule is COc1ccccc1CN1CCc2c(ncnc2NC(=O)CC23CC4CC(CC(C4)C2)C3)C1. The lowest BCUT2D eigenvalue weighted by atomic mass is 9.49. The summed E-state index contributed by atoms with van der Waals surface area (Å²) in [7, 11) is 1.72. The standard InChI is InChI=1S/C27H34N4O2/c1-33-24-5-3-2-4-21(24)15-31-7-6-22-23(16-31)28-17-29-26(22)30-25(32)14-27-11-18-8-19(12-27)10-20(9-18)13-27/h2-5,17-20H,6-16H2,1H3,(H,28,29,30,32). The van der Waals surface area contributed by atoms with Gasteiger partial charge in [0.05, 0.1) is 12.8 Å². The molecule has 174 valence electrons. The number of carbonyl (C=O) groups is 1. The molecule has 7 rings (SSSR count). The van der Waals surface area contributed by atoms with E-state index in [-0.39, 0.29) is 11.3 Å². The molecule has 0 spiro atoms. The van der Waals surface area contributed by atoms with Gasteiger partial charge in [0.15, 0.2) is 0 Å². The molecule has 5 aliphatic rings. The van der Waals surface area contributed by atoms with Gasteiger partial charge in [-0.15, -0.1) is 0 Å². The zero-order chi connectivity index (χ0) is 22.4. The lowest BCUT2D eigenvalue weighted by Crippen LogP contribution is -2.47. The van der Waals surface area contributed by atoms with Crippen LogP contribution in [0.1, 0.15) is 61.8 Å². The minimum absolute atomic E-state index is 0.148. The lowest BCUT2D eigenvalue weighted by molar-refractivity contribution is -0.124. The number of anilines is 1. The van der Waals surface area contributed by atoms with Gasteiger partial charge in [-0.1, -0.05) is 18.2 Å². The fraction of sp³-hybridized carbons (Fsp3) is 0.593. The number of hydrogen-bond donors (Lipinski definition) is 1. The molecule has 4 aliphatic carbocycles. The Morgan fingerprint density at radius 2 is 1.85 bits per heavy atom. The summed E-state index contributed by atoms with van der Waals surface area (Å²) in [5.74, 6) is 4.39. The van der Waals surface area contributed by atoms with Crippen molar-refractivity contribution in [2.24, 2.45) is 23.2 Å². The van der Waals surface area contributed by atoms with E-state index in [0.717, 1.165) is 66.6 Å². The van der Waals surface area contributed by atoms with Crippen LogP contribution >= 0.6 is 0 Å². The number of benzene rings is 1. The molecule has 1 aliphatic heterocycles. The monoisotopic (exact) mass is 446 g/mol. The van der Waals surface area contributed by atoms with Gasteiger partial charge in [-0.2, -0.15) is 0 Å². The molecule has 1 N–H and O–H groups in total. The van der Waals surface area contributed by atoms with Crippen LogP contribution in [0.25, 0.3) is 0 Å². The van der Waals surface area contributed by atoms with E-state index in [1.165, 1.54) is 44.1 Å². The second-order valence-corrected chi connectivity index (χ2v) is 11.1. The number of rotatable bonds is 6. The van der Waals surface area contributed by atoms with E-state index in [1.807, 2.05) is 12.1 Å². The summed E-state index contributed by atoms with van der Waals surface area (Å²) in [6, 6.07) is 8.17. The first-order valence-electron chi connectivity index (χ1n) is 12.6. The second kappa shape index (κ2) is 8.39. The molecule has 6 nitrogen and oxygen atoms in total. The molecule has 0 unspecified atom stereocenters. The third-order valence-corrected chi connectivity index (χ3v) is 8.63. The Morgan fingerprint density at radius 3 is 2.58 bits per heavy atom. The highest BCUT2D eigenvalue weighted by Gasteiger charge is 2.51. The van der Waals surface area contributed by atoms with Crippen molar-refractivity contribution in [1.82, 2.24) is 14.9 Å². The van der Waals surface area contributed by atoms with Gasteiger partial charge < -0.3 is 10.1 Å². The molecule has 4 bridgehead atoms. The van der Waals surface area contributed by atoms with Crippen LogP contribution < -0.4 is 10.1 Å². The van der Waals surface area contributed by atoms with E-state index in [4.69, 9.17) is 4.74 Å². The molecule has 4 saturated carbocycles. The van der Waals surface area contributed by atoms with Gasteiger partial charge in [0, 0.05) is 37.2 Å². The van der Waals surface area contributed by atoms with Crippen LogP contribution in [-0.2, 0) is 24.3 Å². The number of nitrogens with one attached hydrogen (secondary N) is 1. The van der Waals surface area contributed by atoms with E-state index >= 15 is 0 Å². The highest BCUT2D eigenvalue weighted by molar-refractivity contribution is 5.91. The smallest absolute Gasteiger partial charge is 0.226 e. The van der Waals surface area contributed by atoms with E-state index < -0.39 is 0 Å². The maximum absolute atomic E-state index is 13.2. The molecule has 1 aromatic carbocycles. The van der Waals surface area contributed by atoms with Gasteiger partial charge in [-0.3, -0.25) is 9.69 Å². The van der Waals surface area contributed by atoms with Crippen LogP contribution in [0.2, 0.25) is 0 Å². The number of amides is 1. The van der Waals surface area contributed by atoms with Crippen molar-refractivity contribution in [3.63, 3.8) is 0 Å². The molecule has 0 atom stereocenters. The minimum Gasteiger partial charge on any atom is -0.496 e. The number of carbonyl (C=O) groups excluding carboxylic acids is 1. The molecule has 6 heteroatoms. The average molecular weight is 447 g/mol. The Hall–Kier alpha value is -2.47. The summed E-state index contributed by atoms with van der Waals surface area (Å²) in [5.41, 5.74) is 3.56. The van der Waals surface area contributed by atoms with Crippen LogP contribution in [0, 0.1) is 23.2 Å². The number of fused-ring (bicyclic) bond motifs is 1. The van der Waals surface area contributed by atoms with Gasteiger partial charge in [0.25, 0.3) is 0 Å². The van der Waals surface area contributed by atoms with Gasteiger partial charge in [-0.05, 0) is 74.2 Å². The fourth-order valence-corrected chi connectivity index (χ4v) is 7.75. The van der Waals surface area contributed by atoms with Crippen molar-refractivity contribution in [3.8, 4) is 5.75 Å². The molecule has 1 amide bonds. The minimum atomic E-state index is 0.148. The largest absolute Gasteiger partial charge is 0.496 e. The molecule has 2 heterocycles. The zero-order valence-electron chi connectivity index (χ0n) is 19.6. The number of hydrogen-bond acceptors (Lipinski definition) is 5. The van der Waals surface area contributed by atoms with Gasteiger partial charge >= 0.3 is 0 Å². The Bertz CT molecular complexity index is 1020. The third kappa shape index (κ3) is 4.14. The van der Waals surface area contributed by atoms with E-state index in [0.29, 0.717) is 6.42 Å². The number of methoxy groups -OCH3 is 1. The van der Waals surface area contributed by atoms with Crippen LogP contribution in [-0.4, -0.2) is 34.4 Å². The summed E-state index contributed by atoms with van der Waals surface area (Å²) in [5, 5.41) is 3.20. The molecular weight excluding hydrogens is 412 g/mol. The number of nitrogens with zero attached hydrogens (tertiary/aromatic N) is 3. The topological polar surface area (TPSA) is 67.3 Å². The lowest BCUT2D eigenvalue weighted by Gasteiger charge is -2.56.